The van der Waals surface area contributed by atoms with Gasteiger partial charge in [0.05, 0.1) is 82.1 Å². The van der Waals surface area contributed by atoms with Crippen molar-refractivity contribution in [3.63, 3.8) is 0 Å². The number of rotatable bonds is 6. The Morgan fingerprint density at radius 1 is 0.594 bits per heavy atom. The SMILES string of the molecule is Cc1c(-c2ccccc2F)nc2cc(F)ccc2c1Cl.Cc1c(-c2ccccc2F)nc2cc(F)ccc2c1Nc1cc(N2CCOCC2)ccc1C#N.N#Cc1ccc(N2CCOCC2)cc1N. The maximum atomic E-state index is 14.7. The highest BCUT2D eigenvalue weighted by molar-refractivity contribution is 6.36. The van der Waals surface area contributed by atoms with Gasteiger partial charge in [-0.3, -0.25) is 0 Å². The van der Waals surface area contributed by atoms with Gasteiger partial charge in [-0.1, -0.05) is 35.9 Å². The molecule has 2 aromatic heterocycles. The third-order valence-electron chi connectivity index (χ3n) is 11.9. The lowest BCUT2D eigenvalue weighted by molar-refractivity contribution is 0.122. The van der Waals surface area contributed by atoms with E-state index in [0.717, 1.165) is 50.8 Å². The van der Waals surface area contributed by atoms with E-state index < -0.39 is 17.5 Å². The molecule has 8 aromatic rings. The topological polar surface area (TPSA) is 136 Å². The number of nitriles is 2. The van der Waals surface area contributed by atoms with Crippen molar-refractivity contribution in [2.24, 2.45) is 0 Å². The molecule has 10 nitrogen and oxygen atoms in total. The fourth-order valence-electron chi connectivity index (χ4n) is 8.17. The number of halogens is 5. The average Bonchev–Trinajstić information content (AvgIpc) is 3.37. The molecule has 15 heteroatoms. The highest BCUT2D eigenvalue weighted by atomic mass is 35.5. The van der Waals surface area contributed by atoms with Crippen LogP contribution in [0.2, 0.25) is 5.02 Å². The molecule has 2 fully saturated rings. The van der Waals surface area contributed by atoms with Gasteiger partial charge >= 0.3 is 0 Å². The molecule has 10 rings (SSSR count). The number of anilines is 5. The Kier molecular flexibility index (Phi) is 14.9. The minimum atomic E-state index is -0.429. The number of hydrogen-bond acceptors (Lipinski definition) is 10. The summed E-state index contributed by atoms with van der Waals surface area (Å²) < 4.78 is 66.7. The second-order valence-electron chi connectivity index (χ2n) is 16.2. The van der Waals surface area contributed by atoms with Crippen LogP contribution in [0.15, 0.2) is 121 Å². The second-order valence-corrected chi connectivity index (χ2v) is 16.6. The Morgan fingerprint density at radius 2 is 1.07 bits per heavy atom. The summed E-state index contributed by atoms with van der Waals surface area (Å²) in [4.78, 5) is 13.4. The van der Waals surface area contributed by atoms with Gasteiger partial charge in [-0.25, -0.2) is 27.5 Å². The number of fused-ring (bicyclic) bond motifs is 2. The molecule has 0 saturated carbocycles. The van der Waals surface area contributed by atoms with Crippen molar-refractivity contribution in [1.29, 1.82) is 10.5 Å². The van der Waals surface area contributed by atoms with Crippen LogP contribution in [0.25, 0.3) is 44.3 Å². The molecule has 0 unspecified atom stereocenters. The third kappa shape index (κ3) is 10.7. The number of pyridine rings is 2. The summed E-state index contributed by atoms with van der Waals surface area (Å²) >= 11 is 6.30. The smallest absolute Gasteiger partial charge is 0.132 e. The molecule has 0 bridgehead atoms. The molecule has 2 aliphatic heterocycles. The summed E-state index contributed by atoms with van der Waals surface area (Å²) in [5.41, 5.74) is 14.3. The number of nitrogen functional groups attached to an aromatic ring is 1. The number of ether oxygens (including phenoxy) is 2. The molecule has 4 heterocycles. The summed E-state index contributed by atoms with van der Waals surface area (Å²) in [6.07, 6.45) is 0. The molecule has 6 aromatic carbocycles. The summed E-state index contributed by atoms with van der Waals surface area (Å²) in [5, 5.41) is 23.7. The quantitative estimate of drug-likeness (QED) is 0.122. The van der Waals surface area contributed by atoms with Crippen molar-refractivity contribution < 1.29 is 27.0 Å². The molecule has 3 N–H and O–H groups in total. The Bertz CT molecular complexity index is 3270. The number of nitrogens with one attached hydrogen (secondary N) is 1. The molecule has 0 radical (unpaired) electrons. The standard InChI is InChI=1S/C27H22F2N4O.C16H10ClF2N.C11H13N3O/c1-17-26(21-4-2-3-5-23(21)29)32-25-14-19(28)7-9-22(25)27(17)31-24-15-20(8-6-18(24)16-30)33-10-12-34-13-11-33;1-9-15(17)12-7-6-10(18)8-14(12)20-16(9)11-4-2-3-5-13(11)19;12-8-9-1-2-10(7-11(9)13)14-3-5-15-6-4-14/h2-9,14-15H,10-13H2,1H3,(H,31,32);2-8H,1H3;1-2,7H,3-6,13H2. The van der Waals surface area contributed by atoms with Crippen LogP contribution in [0, 0.1) is 59.8 Å². The van der Waals surface area contributed by atoms with Gasteiger partial charge in [-0.2, -0.15) is 10.5 Å². The summed E-state index contributed by atoms with van der Waals surface area (Å²) in [7, 11) is 0. The first-order valence-corrected chi connectivity index (χ1v) is 22.4. The van der Waals surface area contributed by atoms with Crippen LogP contribution in [-0.2, 0) is 9.47 Å². The van der Waals surface area contributed by atoms with Gasteiger partial charge in [0.2, 0.25) is 0 Å². The van der Waals surface area contributed by atoms with Gasteiger partial charge in [-0.15, -0.1) is 0 Å². The van der Waals surface area contributed by atoms with Crippen molar-refractivity contribution in [1.82, 2.24) is 9.97 Å². The zero-order valence-electron chi connectivity index (χ0n) is 37.7. The fraction of sp³-hybridized carbons (Fsp3) is 0.185. The molecule has 0 spiro atoms. The summed E-state index contributed by atoms with van der Waals surface area (Å²) in [6.45, 7) is 9.70. The lowest BCUT2D eigenvalue weighted by Crippen LogP contribution is -2.36. The van der Waals surface area contributed by atoms with Crippen molar-refractivity contribution >= 4 is 61.8 Å². The minimum Gasteiger partial charge on any atom is -0.398 e. The maximum absolute atomic E-state index is 14.7. The Labute approximate surface area is 401 Å². The van der Waals surface area contributed by atoms with Crippen LogP contribution in [0.3, 0.4) is 0 Å². The molecule has 0 atom stereocenters. The van der Waals surface area contributed by atoms with E-state index in [9.17, 15) is 22.8 Å². The normalized spacial score (nSPS) is 13.4. The van der Waals surface area contributed by atoms with E-state index in [1.54, 1.807) is 67.6 Å². The first kappa shape index (κ1) is 47.7. The molecule has 2 aliphatic rings. The lowest BCUT2D eigenvalue weighted by atomic mass is 10.0. The molecular formula is C54H45ClF4N8O2. The maximum Gasteiger partial charge on any atom is 0.132 e. The van der Waals surface area contributed by atoms with Crippen molar-refractivity contribution in [2.75, 3.05) is 73.5 Å². The van der Waals surface area contributed by atoms with Gasteiger partial charge in [0.25, 0.3) is 0 Å². The Balaban J connectivity index is 0.000000155. The van der Waals surface area contributed by atoms with E-state index in [2.05, 4.69) is 37.2 Å². The third-order valence-corrected chi connectivity index (χ3v) is 12.3. The molecule has 0 amide bonds. The average molecular weight is 949 g/mol. The van der Waals surface area contributed by atoms with Gasteiger partial charge in [0.1, 0.15) is 35.4 Å². The first-order valence-electron chi connectivity index (χ1n) is 22.0. The largest absolute Gasteiger partial charge is 0.398 e. The van der Waals surface area contributed by atoms with Crippen LogP contribution in [-0.4, -0.2) is 62.6 Å². The van der Waals surface area contributed by atoms with Crippen LogP contribution in [0.5, 0.6) is 0 Å². The van der Waals surface area contributed by atoms with Crippen LogP contribution in [0.4, 0.5) is 46.0 Å². The predicted octanol–water partition coefficient (Wildman–Crippen LogP) is 12.1. The number of benzene rings is 6. The van der Waals surface area contributed by atoms with E-state index >= 15 is 0 Å². The first-order chi connectivity index (χ1) is 33.4. The van der Waals surface area contributed by atoms with Crippen molar-refractivity contribution in [3.8, 4) is 34.7 Å². The van der Waals surface area contributed by atoms with Crippen LogP contribution < -0.4 is 20.9 Å². The molecule has 69 heavy (non-hydrogen) atoms. The monoisotopic (exact) mass is 948 g/mol. The zero-order valence-corrected chi connectivity index (χ0v) is 38.4. The lowest BCUT2D eigenvalue weighted by Gasteiger charge is -2.29. The summed E-state index contributed by atoms with van der Waals surface area (Å²) in [5.74, 6) is -1.62. The van der Waals surface area contributed by atoms with E-state index in [1.165, 1.54) is 36.4 Å². The van der Waals surface area contributed by atoms with Gasteiger partial charge in [0.15, 0.2) is 0 Å². The van der Waals surface area contributed by atoms with Gasteiger partial charge < -0.3 is 30.3 Å². The Hall–Kier alpha value is -7.75. The number of aromatic nitrogens is 2. The highest BCUT2D eigenvalue weighted by Gasteiger charge is 2.20. The number of hydrogen-bond donors (Lipinski definition) is 2. The number of morpholine rings is 2. The van der Waals surface area contributed by atoms with E-state index in [-0.39, 0.29) is 5.82 Å². The zero-order chi connectivity index (χ0) is 48.6. The summed E-state index contributed by atoms with van der Waals surface area (Å²) in [6, 6.07) is 36.7. The molecule has 2 saturated heterocycles. The van der Waals surface area contributed by atoms with Gasteiger partial charge in [-0.05, 0) is 110 Å². The molecular weight excluding hydrogens is 904 g/mol. The molecule has 0 aliphatic carbocycles. The van der Waals surface area contributed by atoms with Crippen molar-refractivity contribution in [3.05, 3.63) is 172 Å². The Morgan fingerprint density at radius 3 is 1.59 bits per heavy atom. The predicted molar refractivity (Wildman–Crippen MR) is 265 cm³/mol. The number of nitrogens with zero attached hydrogens (tertiary/aromatic N) is 6. The number of nitrogens with two attached hydrogens (primary N) is 1. The highest BCUT2D eigenvalue weighted by Crippen LogP contribution is 2.38. The fourth-order valence-corrected chi connectivity index (χ4v) is 8.42. The minimum absolute atomic E-state index is 0.330. The van der Waals surface area contributed by atoms with E-state index in [4.69, 9.17) is 32.1 Å². The molecule has 348 valence electrons. The van der Waals surface area contributed by atoms with E-state index in [0.29, 0.717) is 102 Å². The van der Waals surface area contributed by atoms with Gasteiger partial charge in [0, 0.05) is 71.6 Å². The van der Waals surface area contributed by atoms with E-state index in [1.807, 2.05) is 31.2 Å². The van der Waals surface area contributed by atoms with Crippen molar-refractivity contribution in [2.45, 2.75) is 13.8 Å². The van der Waals surface area contributed by atoms with Crippen LogP contribution in [0.1, 0.15) is 22.3 Å². The second kappa shape index (κ2) is 21.5. The van der Waals surface area contributed by atoms with Crippen LogP contribution >= 0.6 is 11.6 Å².